The summed E-state index contributed by atoms with van der Waals surface area (Å²) in [5.41, 5.74) is 0.140. The monoisotopic (exact) mass is 282 g/mol. The molecule has 1 aliphatic carbocycles. The molecule has 0 atom stereocenters. The third-order valence-electron chi connectivity index (χ3n) is 3.01. The SMILES string of the molecule is OCc1cc(F)c(OCc2nc(C3CC3)no2)c(F)c1. The lowest BCUT2D eigenvalue weighted by atomic mass is 10.2. The van der Waals surface area contributed by atoms with Crippen molar-refractivity contribution in [1.82, 2.24) is 10.1 Å². The van der Waals surface area contributed by atoms with Crippen molar-refractivity contribution < 1.29 is 23.1 Å². The lowest BCUT2D eigenvalue weighted by molar-refractivity contribution is 0.223. The van der Waals surface area contributed by atoms with E-state index in [0.717, 1.165) is 25.0 Å². The molecule has 1 aromatic carbocycles. The number of hydrogen-bond acceptors (Lipinski definition) is 5. The van der Waals surface area contributed by atoms with E-state index in [-0.39, 0.29) is 18.1 Å². The first-order valence-electron chi connectivity index (χ1n) is 6.21. The first-order chi connectivity index (χ1) is 9.67. The van der Waals surface area contributed by atoms with Gasteiger partial charge in [0.05, 0.1) is 6.61 Å². The molecular formula is C13H12F2N2O3. The average molecular weight is 282 g/mol. The number of benzene rings is 1. The predicted molar refractivity (Wildman–Crippen MR) is 62.9 cm³/mol. The maximum absolute atomic E-state index is 13.6. The fourth-order valence-corrected chi connectivity index (χ4v) is 1.81. The molecule has 1 fully saturated rings. The van der Waals surface area contributed by atoms with Gasteiger partial charge < -0.3 is 14.4 Å². The van der Waals surface area contributed by atoms with Crippen molar-refractivity contribution >= 4 is 0 Å². The fourth-order valence-electron chi connectivity index (χ4n) is 1.81. The molecule has 2 aromatic rings. The number of nitrogens with zero attached hydrogens (tertiary/aromatic N) is 2. The van der Waals surface area contributed by atoms with E-state index in [4.69, 9.17) is 14.4 Å². The fraction of sp³-hybridized carbons (Fsp3) is 0.385. The second-order valence-electron chi connectivity index (χ2n) is 4.66. The molecule has 1 aromatic heterocycles. The van der Waals surface area contributed by atoms with E-state index in [0.29, 0.717) is 11.7 Å². The molecular weight excluding hydrogens is 270 g/mol. The van der Waals surface area contributed by atoms with Gasteiger partial charge >= 0.3 is 0 Å². The molecule has 0 aliphatic heterocycles. The van der Waals surface area contributed by atoms with Crippen molar-refractivity contribution in [3.63, 3.8) is 0 Å². The summed E-state index contributed by atoms with van der Waals surface area (Å²) >= 11 is 0. The summed E-state index contributed by atoms with van der Waals surface area (Å²) in [6.45, 7) is -0.644. The van der Waals surface area contributed by atoms with Gasteiger partial charge in [-0.05, 0) is 30.5 Å². The van der Waals surface area contributed by atoms with Crippen molar-refractivity contribution in [3.05, 3.63) is 41.0 Å². The highest BCUT2D eigenvalue weighted by molar-refractivity contribution is 5.31. The molecule has 0 radical (unpaired) electrons. The molecule has 1 aliphatic rings. The van der Waals surface area contributed by atoms with Gasteiger partial charge in [-0.2, -0.15) is 4.98 Å². The molecule has 1 saturated carbocycles. The van der Waals surface area contributed by atoms with E-state index in [1.165, 1.54) is 0 Å². The third kappa shape index (κ3) is 2.62. The van der Waals surface area contributed by atoms with E-state index < -0.39 is 24.0 Å². The minimum Gasteiger partial charge on any atom is -0.478 e. The van der Waals surface area contributed by atoms with Crippen LogP contribution in [0, 0.1) is 11.6 Å². The Morgan fingerprint density at radius 3 is 2.60 bits per heavy atom. The summed E-state index contributed by atoms with van der Waals surface area (Å²) in [7, 11) is 0. The lowest BCUT2D eigenvalue weighted by Crippen LogP contribution is -2.01. The number of aliphatic hydroxyl groups is 1. The molecule has 106 valence electrons. The lowest BCUT2D eigenvalue weighted by Gasteiger charge is -2.07. The van der Waals surface area contributed by atoms with Crippen molar-refractivity contribution in [3.8, 4) is 5.75 Å². The van der Waals surface area contributed by atoms with Crippen LogP contribution in [0.5, 0.6) is 5.75 Å². The molecule has 7 heteroatoms. The summed E-state index contributed by atoms with van der Waals surface area (Å²) < 4.78 is 37.2. The second-order valence-corrected chi connectivity index (χ2v) is 4.66. The smallest absolute Gasteiger partial charge is 0.264 e. The predicted octanol–water partition coefficient (Wildman–Crippen LogP) is 2.30. The molecule has 1 N–H and O–H groups in total. The van der Waals surface area contributed by atoms with E-state index in [2.05, 4.69) is 10.1 Å². The third-order valence-corrected chi connectivity index (χ3v) is 3.01. The van der Waals surface area contributed by atoms with Gasteiger partial charge in [-0.3, -0.25) is 0 Å². The average Bonchev–Trinajstić information content (AvgIpc) is 3.17. The van der Waals surface area contributed by atoms with Gasteiger partial charge in [0.1, 0.15) is 0 Å². The van der Waals surface area contributed by atoms with Gasteiger partial charge in [0.15, 0.2) is 29.8 Å². The second kappa shape index (κ2) is 5.16. The zero-order chi connectivity index (χ0) is 14.1. The maximum Gasteiger partial charge on any atom is 0.264 e. The Labute approximate surface area is 113 Å². The summed E-state index contributed by atoms with van der Waals surface area (Å²) in [4.78, 5) is 4.09. The van der Waals surface area contributed by atoms with Gasteiger partial charge in [0.25, 0.3) is 5.89 Å². The zero-order valence-corrected chi connectivity index (χ0v) is 10.5. The standard InChI is InChI=1S/C13H12F2N2O3/c14-9-3-7(5-18)4-10(15)12(9)19-6-11-16-13(17-20-11)8-1-2-8/h3-4,8,18H,1-2,5-6H2. The number of ether oxygens (including phenoxy) is 1. The van der Waals surface area contributed by atoms with Crippen molar-refractivity contribution in [2.75, 3.05) is 0 Å². The Morgan fingerprint density at radius 1 is 1.30 bits per heavy atom. The minimum absolute atomic E-state index is 0.140. The van der Waals surface area contributed by atoms with Gasteiger partial charge in [-0.25, -0.2) is 8.78 Å². The summed E-state index contributed by atoms with van der Waals surface area (Å²) in [5, 5.41) is 12.6. The van der Waals surface area contributed by atoms with Crippen LogP contribution >= 0.6 is 0 Å². The van der Waals surface area contributed by atoms with Crippen LogP contribution in [0.2, 0.25) is 0 Å². The minimum atomic E-state index is -0.879. The van der Waals surface area contributed by atoms with Gasteiger partial charge in [-0.15, -0.1) is 0 Å². The van der Waals surface area contributed by atoms with E-state index >= 15 is 0 Å². The number of aromatic nitrogens is 2. The largest absolute Gasteiger partial charge is 0.478 e. The molecule has 0 unspecified atom stereocenters. The highest BCUT2D eigenvalue weighted by Crippen LogP contribution is 2.38. The first-order valence-corrected chi connectivity index (χ1v) is 6.21. The Balaban J connectivity index is 1.70. The van der Waals surface area contributed by atoms with Gasteiger partial charge in [0.2, 0.25) is 0 Å². The normalized spacial score (nSPS) is 14.6. The number of hydrogen-bond donors (Lipinski definition) is 1. The van der Waals surface area contributed by atoms with Crippen LogP contribution in [0.1, 0.15) is 36.0 Å². The summed E-state index contributed by atoms with van der Waals surface area (Å²) in [6, 6.07) is 2.03. The number of halogens is 2. The molecule has 1 heterocycles. The Morgan fingerprint density at radius 2 is 2.00 bits per heavy atom. The van der Waals surface area contributed by atoms with E-state index in [1.807, 2.05) is 0 Å². The molecule has 0 saturated heterocycles. The van der Waals surface area contributed by atoms with Crippen molar-refractivity contribution in [2.24, 2.45) is 0 Å². The Kier molecular flexibility index (Phi) is 3.35. The molecule has 0 bridgehead atoms. The van der Waals surface area contributed by atoms with Gasteiger partial charge in [0, 0.05) is 5.92 Å². The van der Waals surface area contributed by atoms with Crippen LogP contribution in [0.25, 0.3) is 0 Å². The Hall–Kier alpha value is -2.02. The zero-order valence-electron chi connectivity index (χ0n) is 10.5. The molecule has 3 rings (SSSR count). The molecule has 5 nitrogen and oxygen atoms in total. The van der Waals surface area contributed by atoms with E-state index in [1.54, 1.807) is 0 Å². The molecule has 20 heavy (non-hydrogen) atoms. The highest BCUT2D eigenvalue weighted by atomic mass is 19.1. The topological polar surface area (TPSA) is 68.4 Å². The number of aliphatic hydroxyl groups excluding tert-OH is 1. The number of rotatable bonds is 5. The van der Waals surface area contributed by atoms with E-state index in [9.17, 15) is 8.78 Å². The van der Waals surface area contributed by atoms with Crippen LogP contribution in [-0.2, 0) is 13.2 Å². The van der Waals surface area contributed by atoms with Crippen LogP contribution in [0.15, 0.2) is 16.7 Å². The van der Waals surface area contributed by atoms with Gasteiger partial charge in [-0.1, -0.05) is 5.16 Å². The van der Waals surface area contributed by atoms with Crippen LogP contribution < -0.4 is 4.74 Å². The molecule has 0 amide bonds. The molecule has 0 spiro atoms. The summed E-state index contributed by atoms with van der Waals surface area (Å²) in [6.07, 6.45) is 2.07. The highest BCUT2D eigenvalue weighted by Gasteiger charge is 2.28. The quantitative estimate of drug-likeness (QED) is 0.911. The van der Waals surface area contributed by atoms with Crippen LogP contribution in [0.4, 0.5) is 8.78 Å². The van der Waals surface area contributed by atoms with Crippen molar-refractivity contribution in [2.45, 2.75) is 32.0 Å². The van der Waals surface area contributed by atoms with Crippen molar-refractivity contribution in [1.29, 1.82) is 0 Å². The summed E-state index contributed by atoms with van der Waals surface area (Å²) in [5.74, 6) is -1.15. The van der Waals surface area contributed by atoms with Crippen LogP contribution in [0.3, 0.4) is 0 Å². The maximum atomic E-state index is 13.6. The first kappa shape index (κ1) is 13.0. The van der Waals surface area contributed by atoms with Crippen LogP contribution in [-0.4, -0.2) is 15.2 Å². The Bertz CT molecular complexity index is 603.